The van der Waals surface area contributed by atoms with Crippen LogP contribution in [-0.2, 0) is 4.74 Å². The van der Waals surface area contributed by atoms with Gasteiger partial charge in [0.2, 0.25) is 0 Å². The Morgan fingerprint density at radius 3 is 2.17 bits per heavy atom. The molecule has 1 aliphatic heterocycles. The predicted molar refractivity (Wildman–Crippen MR) is 74.7 cm³/mol. The number of likely N-dealkylation sites (tertiary alicyclic amines) is 1. The van der Waals surface area contributed by atoms with Crippen LogP contribution in [0.5, 0.6) is 0 Å². The van der Waals surface area contributed by atoms with Gasteiger partial charge in [0.25, 0.3) is 0 Å². The summed E-state index contributed by atoms with van der Waals surface area (Å²) in [7, 11) is 0. The fraction of sp³-hybridized carbons (Fsp3) is 1.00. The largest absolute Gasteiger partial charge is 0.378 e. The molecule has 0 atom stereocenters. The van der Waals surface area contributed by atoms with E-state index in [9.17, 15) is 4.39 Å². The number of nitrogens with zero attached hydrogens (tertiary/aromatic N) is 1. The zero-order chi connectivity index (χ0) is 13.4. The second-order valence-electron chi connectivity index (χ2n) is 5.96. The molecule has 0 amide bonds. The van der Waals surface area contributed by atoms with Gasteiger partial charge >= 0.3 is 0 Å². The molecular formula is C15H30FNO. The van der Waals surface area contributed by atoms with Crippen LogP contribution in [0.3, 0.4) is 0 Å². The molecule has 2 aliphatic rings. The SMILES string of the molecule is CC(C)OCC1(CN2CCCCC2)CC1.CCF. The van der Waals surface area contributed by atoms with E-state index in [4.69, 9.17) is 4.74 Å². The third-order valence-electron chi connectivity index (χ3n) is 3.69. The van der Waals surface area contributed by atoms with Gasteiger partial charge in [-0.15, -0.1) is 0 Å². The van der Waals surface area contributed by atoms with Gasteiger partial charge in [-0.05, 0) is 59.5 Å². The molecule has 0 radical (unpaired) electrons. The highest BCUT2D eigenvalue weighted by atomic mass is 19.1. The molecule has 108 valence electrons. The van der Waals surface area contributed by atoms with E-state index in [2.05, 4.69) is 18.7 Å². The van der Waals surface area contributed by atoms with Crippen molar-refractivity contribution >= 4 is 0 Å². The van der Waals surface area contributed by atoms with Crippen molar-refractivity contribution in [2.24, 2.45) is 5.41 Å². The fourth-order valence-corrected chi connectivity index (χ4v) is 2.46. The predicted octanol–water partition coefficient (Wildman–Crippen LogP) is 3.65. The van der Waals surface area contributed by atoms with E-state index in [0.29, 0.717) is 11.5 Å². The quantitative estimate of drug-likeness (QED) is 0.747. The molecular weight excluding hydrogens is 229 g/mol. The Balaban J connectivity index is 0.000000492. The summed E-state index contributed by atoms with van der Waals surface area (Å²) in [5.41, 5.74) is 0.543. The van der Waals surface area contributed by atoms with Gasteiger partial charge in [-0.25, -0.2) is 0 Å². The lowest BCUT2D eigenvalue weighted by atomic mass is 10.0. The van der Waals surface area contributed by atoms with Crippen molar-refractivity contribution in [2.75, 3.05) is 32.9 Å². The molecule has 0 unspecified atom stereocenters. The van der Waals surface area contributed by atoms with Gasteiger partial charge in [0.1, 0.15) is 0 Å². The van der Waals surface area contributed by atoms with Gasteiger partial charge in [-0.3, -0.25) is 4.39 Å². The van der Waals surface area contributed by atoms with Crippen molar-refractivity contribution in [3.05, 3.63) is 0 Å². The molecule has 0 N–H and O–H groups in total. The van der Waals surface area contributed by atoms with Gasteiger partial charge in [0.05, 0.1) is 19.4 Å². The Hall–Kier alpha value is -0.150. The zero-order valence-electron chi connectivity index (χ0n) is 12.4. The van der Waals surface area contributed by atoms with Gasteiger partial charge < -0.3 is 9.64 Å². The summed E-state index contributed by atoms with van der Waals surface area (Å²) < 4.78 is 16.1. The highest BCUT2D eigenvalue weighted by Gasteiger charge is 2.44. The molecule has 1 saturated heterocycles. The van der Waals surface area contributed by atoms with Gasteiger partial charge in [0, 0.05) is 12.0 Å². The third-order valence-corrected chi connectivity index (χ3v) is 3.69. The number of ether oxygens (including phenoxy) is 1. The molecule has 2 rings (SSSR count). The number of rotatable bonds is 5. The molecule has 0 aromatic heterocycles. The molecule has 1 saturated carbocycles. The van der Waals surface area contributed by atoms with Crippen molar-refractivity contribution in [1.29, 1.82) is 0 Å². The van der Waals surface area contributed by atoms with Crippen LogP contribution in [0.25, 0.3) is 0 Å². The maximum atomic E-state index is 10.3. The highest BCUT2D eigenvalue weighted by Crippen LogP contribution is 2.46. The summed E-state index contributed by atoms with van der Waals surface area (Å²) in [6.07, 6.45) is 7.41. The van der Waals surface area contributed by atoms with Crippen molar-refractivity contribution < 1.29 is 9.13 Å². The van der Waals surface area contributed by atoms with Crippen LogP contribution in [0.15, 0.2) is 0 Å². The monoisotopic (exact) mass is 259 g/mol. The Morgan fingerprint density at radius 2 is 1.72 bits per heavy atom. The maximum absolute atomic E-state index is 10.3. The van der Waals surface area contributed by atoms with Crippen LogP contribution >= 0.6 is 0 Å². The van der Waals surface area contributed by atoms with Crippen LogP contribution in [-0.4, -0.2) is 43.9 Å². The topological polar surface area (TPSA) is 12.5 Å². The lowest BCUT2D eigenvalue weighted by molar-refractivity contribution is 0.0287. The van der Waals surface area contributed by atoms with Gasteiger partial charge in [-0.1, -0.05) is 6.42 Å². The lowest BCUT2D eigenvalue weighted by Crippen LogP contribution is -2.36. The fourth-order valence-electron chi connectivity index (χ4n) is 2.46. The first-order chi connectivity index (χ1) is 8.62. The average Bonchev–Trinajstić information content (AvgIpc) is 3.09. The van der Waals surface area contributed by atoms with Crippen molar-refractivity contribution in [1.82, 2.24) is 4.90 Å². The smallest absolute Gasteiger partial charge is 0.0866 e. The van der Waals surface area contributed by atoms with Crippen LogP contribution in [0.2, 0.25) is 0 Å². The summed E-state index contributed by atoms with van der Waals surface area (Å²) in [5, 5.41) is 0. The molecule has 1 heterocycles. The van der Waals surface area contributed by atoms with E-state index in [0.717, 1.165) is 6.61 Å². The van der Waals surface area contributed by atoms with Gasteiger partial charge in [-0.2, -0.15) is 0 Å². The van der Waals surface area contributed by atoms with Crippen molar-refractivity contribution in [3.8, 4) is 0 Å². The number of piperidine rings is 1. The Labute approximate surface area is 112 Å². The minimum Gasteiger partial charge on any atom is -0.378 e. The van der Waals surface area contributed by atoms with E-state index < -0.39 is 0 Å². The second-order valence-corrected chi connectivity index (χ2v) is 5.96. The second kappa shape index (κ2) is 8.11. The Bertz CT molecular complexity index is 211. The summed E-state index contributed by atoms with van der Waals surface area (Å²) >= 11 is 0. The van der Waals surface area contributed by atoms with Crippen LogP contribution in [0.1, 0.15) is 52.9 Å². The molecule has 0 bridgehead atoms. The Morgan fingerprint density at radius 1 is 1.17 bits per heavy atom. The van der Waals surface area contributed by atoms with E-state index >= 15 is 0 Å². The number of hydrogen-bond donors (Lipinski definition) is 0. The summed E-state index contributed by atoms with van der Waals surface area (Å²) in [4.78, 5) is 2.65. The normalized spacial score (nSPS) is 22.5. The summed E-state index contributed by atoms with van der Waals surface area (Å²) in [6, 6.07) is 0. The molecule has 0 aromatic rings. The van der Waals surface area contributed by atoms with Crippen LogP contribution in [0, 0.1) is 5.41 Å². The van der Waals surface area contributed by atoms with Crippen molar-refractivity contribution in [3.63, 3.8) is 0 Å². The molecule has 2 fully saturated rings. The summed E-state index contributed by atoms with van der Waals surface area (Å²) in [6.45, 7) is 10.4. The van der Waals surface area contributed by atoms with Gasteiger partial charge in [0.15, 0.2) is 0 Å². The minimum atomic E-state index is -0.250. The lowest BCUT2D eigenvalue weighted by Gasteiger charge is -2.30. The van der Waals surface area contributed by atoms with Crippen molar-refractivity contribution in [2.45, 2.75) is 59.0 Å². The Kier molecular flexibility index (Phi) is 7.16. The maximum Gasteiger partial charge on any atom is 0.0866 e. The molecule has 1 aliphatic carbocycles. The number of halogens is 1. The molecule has 0 spiro atoms. The van der Waals surface area contributed by atoms with E-state index in [1.54, 1.807) is 0 Å². The van der Waals surface area contributed by atoms with Crippen LogP contribution < -0.4 is 0 Å². The van der Waals surface area contributed by atoms with E-state index in [-0.39, 0.29) is 6.67 Å². The third kappa shape index (κ3) is 6.14. The first-order valence-electron chi connectivity index (χ1n) is 7.52. The molecule has 0 aromatic carbocycles. The standard InChI is InChI=1S/C13H25NO.C2H5F/c1-12(2)15-11-13(6-7-13)10-14-8-4-3-5-9-14;1-2-3/h12H,3-11H2,1-2H3;2H2,1H3. The first kappa shape index (κ1) is 15.9. The average molecular weight is 259 g/mol. The number of alkyl halides is 1. The molecule has 18 heavy (non-hydrogen) atoms. The zero-order valence-corrected chi connectivity index (χ0v) is 12.4. The minimum absolute atomic E-state index is 0.250. The first-order valence-corrected chi connectivity index (χ1v) is 7.52. The van der Waals surface area contributed by atoms with E-state index in [1.807, 2.05) is 0 Å². The van der Waals surface area contributed by atoms with E-state index in [1.165, 1.54) is 58.7 Å². The molecule has 3 heteroatoms. The number of hydrogen-bond acceptors (Lipinski definition) is 2. The highest BCUT2D eigenvalue weighted by molar-refractivity contribution is 4.96. The van der Waals surface area contributed by atoms with Crippen LogP contribution in [0.4, 0.5) is 4.39 Å². The summed E-state index contributed by atoms with van der Waals surface area (Å²) in [5.74, 6) is 0. The molecule has 2 nitrogen and oxygen atoms in total.